The van der Waals surface area contributed by atoms with Crippen molar-refractivity contribution in [1.29, 1.82) is 0 Å². The van der Waals surface area contributed by atoms with E-state index in [-0.39, 0.29) is 16.8 Å². The second kappa shape index (κ2) is 9.87. The Bertz CT molecular complexity index is 1630. The molecule has 8 nitrogen and oxygen atoms in total. The number of aromatic nitrogens is 3. The Morgan fingerprint density at radius 1 is 0.811 bits per heavy atom. The van der Waals surface area contributed by atoms with Gasteiger partial charge in [0, 0.05) is 11.3 Å². The van der Waals surface area contributed by atoms with E-state index in [0.717, 1.165) is 5.69 Å². The standard InChI is InChI=1S/C29H22N4O4/c1-18-22-23(29(36)37-2)24(26(34)28(35)30-20-14-8-4-9-15-20)25(19-12-6-3-7-13-19)31-27(22)33(32-18)21-16-10-5-11-17-21/h3-17H,1-2H3,(H,30,35). The van der Waals surface area contributed by atoms with Crippen molar-refractivity contribution >= 4 is 34.4 Å². The lowest BCUT2D eigenvalue weighted by Gasteiger charge is -2.15. The van der Waals surface area contributed by atoms with Crippen LogP contribution in [-0.2, 0) is 9.53 Å². The largest absolute Gasteiger partial charge is 0.465 e. The average molecular weight is 491 g/mol. The summed E-state index contributed by atoms with van der Waals surface area (Å²) in [6.45, 7) is 1.72. The zero-order valence-corrected chi connectivity index (χ0v) is 20.1. The van der Waals surface area contributed by atoms with Crippen molar-refractivity contribution in [3.63, 3.8) is 0 Å². The van der Waals surface area contributed by atoms with Gasteiger partial charge in [0.05, 0.1) is 40.7 Å². The number of para-hydroxylation sites is 2. The van der Waals surface area contributed by atoms with E-state index in [2.05, 4.69) is 10.4 Å². The van der Waals surface area contributed by atoms with Crippen molar-refractivity contribution in [2.24, 2.45) is 0 Å². The highest BCUT2D eigenvalue weighted by Gasteiger charge is 2.33. The lowest BCUT2D eigenvalue weighted by atomic mass is 9.94. The monoisotopic (exact) mass is 490 g/mol. The minimum absolute atomic E-state index is 0.0563. The third kappa shape index (κ3) is 4.36. The van der Waals surface area contributed by atoms with E-state index < -0.39 is 17.7 Å². The molecular weight excluding hydrogens is 468 g/mol. The molecule has 0 saturated heterocycles. The fraction of sp³-hybridized carbons (Fsp3) is 0.0690. The molecule has 0 saturated carbocycles. The third-order valence-corrected chi connectivity index (χ3v) is 5.89. The number of hydrogen-bond acceptors (Lipinski definition) is 6. The number of aryl methyl sites for hydroxylation is 1. The molecule has 3 aromatic carbocycles. The first-order valence-corrected chi connectivity index (χ1v) is 11.5. The van der Waals surface area contributed by atoms with E-state index in [4.69, 9.17) is 9.72 Å². The van der Waals surface area contributed by atoms with Gasteiger partial charge in [0.2, 0.25) is 0 Å². The number of anilines is 1. The third-order valence-electron chi connectivity index (χ3n) is 5.89. The van der Waals surface area contributed by atoms with Gasteiger partial charge in [0.1, 0.15) is 0 Å². The number of methoxy groups -OCH3 is 1. The lowest BCUT2D eigenvalue weighted by Crippen LogP contribution is -2.26. The van der Waals surface area contributed by atoms with Gasteiger partial charge in [-0.3, -0.25) is 9.59 Å². The van der Waals surface area contributed by atoms with Crippen LogP contribution in [0.4, 0.5) is 5.69 Å². The van der Waals surface area contributed by atoms with Crippen molar-refractivity contribution in [3.05, 3.63) is 108 Å². The van der Waals surface area contributed by atoms with Crippen LogP contribution in [-0.4, -0.2) is 39.5 Å². The van der Waals surface area contributed by atoms with Gasteiger partial charge in [0.25, 0.3) is 11.7 Å². The number of ether oxygens (including phenoxy) is 1. The minimum atomic E-state index is -0.913. The first kappa shape index (κ1) is 23.6. The molecule has 2 aromatic heterocycles. The van der Waals surface area contributed by atoms with Crippen molar-refractivity contribution in [3.8, 4) is 16.9 Å². The molecule has 5 rings (SSSR count). The van der Waals surface area contributed by atoms with Gasteiger partial charge >= 0.3 is 5.97 Å². The van der Waals surface area contributed by atoms with Gasteiger partial charge in [-0.15, -0.1) is 0 Å². The van der Waals surface area contributed by atoms with Gasteiger partial charge in [-0.2, -0.15) is 5.10 Å². The summed E-state index contributed by atoms with van der Waals surface area (Å²) < 4.78 is 6.72. The summed E-state index contributed by atoms with van der Waals surface area (Å²) in [5, 5.41) is 7.57. The molecule has 2 heterocycles. The maximum Gasteiger partial charge on any atom is 0.339 e. The van der Waals surface area contributed by atoms with E-state index in [0.29, 0.717) is 28.0 Å². The number of pyridine rings is 1. The second-order valence-corrected chi connectivity index (χ2v) is 8.25. The van der Waals surface area contributed by atoms with Crippen molar-refractivity contribution in [2.75, 3.05) is 12.4 Å². The van der Waals surface area contributed by atoms with Gasteiger partial charge < -0.3 is 10.1 Å². The van der Waals surface area contributed by atoms with Crippen LogP contribution >= 0.6 is 0 Å². The highest BCUT2D eigenvalue weighted by atomic mass is 16.5. The second-order valence-electron chi connectivity index (χ2n) is 8.25. The number of ketones is 1. The van der Waals surface area contributed by atoms with Crippen LogP contribution in [0.15, 0.2) is 91.0 Å². The summed E-state index contributed by atoms with van der Waals surface area (Å²) in [6.07, 6.45) is 0. The van der Waals surface area contributed by atoms with Crippen LogP contribution in [0, 0.1) is 6.92 Å². The summed E-state index contributed by atoms with van der Waals surface area (Å²) in [5.74, 6) is -2.58. The Balaban J connectivity index is 1.81. The van der Waals surface area contributed by atoms with E-state index in [1.807, 2.05) is 36.4 Å². The molecule has 0 aliphatic carbocycles. The first-order chi connectivity index (χ1) is 18.0. The average Bonchev–Trinajstić information content (AvgIpc) is 3.28. The van der Waals surface area contributed by atoms with Crippen molar-refractivity contribution in [1.82, 2.24) is 14.8 Å². The molecule has 0 atom stereocenters. The summed E-state index contributed by atoms with van der Waals surface area (Å²) in [4.78, 5) is 44.9. The molecular formula is C29H22N4O4. The quantitative estimate of drug-likeness (QED) is 0.204. The Morgan fingerprint density at radius 2 is 1.41 bits per heavy atom. The molecule has 0 fully saturated rings. The van der Waals surface area contributed by atoms with E-state index in [1.54, 1.807) is 66.2 Å². The van der Waals surface area contributed by atoms with Crippen LogP contribution < -0.4 is 5.32 Å². The Kier molecular flexibility index (Phi) is 6.30. The topological polar surface area (TPSA) is 103 Å². The molecule has 8 heteroatoms. The molecule has 1 amide bonds. The highest BCUT2D eigenvalue weighted by molar-refractivity contribution is 6.49. The summed E-state index contributed by atoms with van der Waals surface area (Å²) in [6, 6.07) is 26.9. The van der Waals surface area contributed by atoms with Crippen LogP contribution in [0.5, 0.6) is 0 Å². The van der Waals surface area contributed by atoms with Crippen molar-refractivity contribution < 1.29 is 19.1 Å². The number of hydrogen-bond donors (Lipinski definition) is 1. The van der Waals surface area contributed by atoms with Gasteiger partial charge in [-0.25, -0.2) is 14.5 Å². The number of Topliss-reactive ketones (excluding diaryl/α,β-unsaturated/α-hetero) is 1. The predicted molar refractivity (Wildman–Crippen MR) is 140 cm³/mol. The molecule has 0 spiro atoms. The van der Waals surface area contributed by atoms with Gasteiger partial charge in [-0.1, -0.05) is 66.7 Å². The molecule has 0 aliphatic heterocycles. The number of rotatable bonds is 6. The number of carbonyl (C=O) groups is 3. The zero-order valence-electron chi connectivity index (χ0n) is 20.1. The zero-order chi connectivity index (χ0) is 25.9. The highest BCUT2D eigenvalue weighted by Crippen LogP contribution is 2.34. The fourth-order valence-corrected chi connectivity index (χ4v) is 4.22. The molecule has 0 radical (unpaired) electrons. The van der Waals surface area contributed by atoms with Gasteiger partial charge in [-0.05, 0) is 31.2 Å². The molecule has 5 aromatic rings. The number of nitrogens with one attached hydrogen (secondary N) is 1. The Morgan fingerprint density at radius 3 is 2.03 bits per heavy atom. The normalized spacial score (nSPS) is 10.8. The molecule has 0 aliphatic rings. The van der Waals surface area contributed by atoms with E-state index in [9.17, 15) is 14.4 Å². The van der Waals surface area contributed by atoms with Crippen LogP contribution in [0.2, 0.25) is 0 Å². The summed E-state index contributed by atoms with van der Waals surface area (Å²) >= 11 is 0. The lowest BCUT2D eigenvalue weighted by molar-refractivity contribution is -0.112. The minimum Gasteiger partial charge on any atom is -0.465 e. The maximum absolute atomic E-state index is 13.7. The maximum atomic E-state index is 13.7. The fourth-order valence-electron chi connectivity index (χ4n) is 4.22. The SMILES string of the molecule is COC(=O)c1c(C(=O)C(=O)Nc2ccccc2)c(-c2ccccc2)nc2c1c(C)nn2-c1ccccc1. The number of esters is 1. The van der Waals surface area contributed by atoms with E-state index in [1.165, 1.54) is 7.11 Å². The van der Waals surface area contributed by atoms with Gasteiger partial charge in [0.15, 0.2) is 5.65 Å². The summed E-state index contributed by atoms with van der Waals surface area (Å²) in [5.41, 5.74) is 2.54. The Labute approximate surface area is 212 Å². The van der Waals surface area contributed by atoms with Crippen LogP contribution in [0.3, 0.4) is 0 Å². The predicted octanol–water partition coefficient (Wildman–Crippen LogP) is 5.00. The Hall–Kier alpha value is -5.11. The molecule has 0 bridgehead atoms. The molecule has 37 heavy (non-hydrogen) atoms. The summed E-state index contributed by atoms with van der Waals surface area (Å²) in [7, 11) is 1.23. The number of carbonyl (C=O) groups excluding carboxylic acids is 3. The van der Waals surface area contributed by atoms with Crippen molar-refractivity contribution in [2.45, 2.75) is 6.92 Å². The van der Waals surface area contributed by atoms with Crippen LogP contribution in [0.1, 0.15) is 26.4 Å². The number of benzene rings is 3. The number of amides is 1. The van der Waals surface area contributed by atoms with Crippen LogP contribution in [0.25, 0.3) is 28.0 Å². The molecule has 0 unspecified atom stereocenters. The number of fused-ring (bicyclic) bond motifs is 1. The van der Waals surface area contributed by atoms with E-state index >= 15 is 0 Å². The smallest absolute Gasteiger partial charge is 0.339 e. The molecule has 182 valence electrons. The molecule has 1 N–H and O–H groups in total. The first-order valence-electron chi connectivity index (χ1n) is 11.5. The number of nitrogens with zero attached hydrogens (tertiary/aromatic N) is 3.